The average Bonchev–Trinajstić information content (AvgIpc) is 2.63. The fourth-order valence-corrected chi connectivity index (χ4v) is 4.75. The molecule has 3 nitrogen and oxygen atoms in total. The highest BCUT2D eigenvalue weighted by Crippen LogP contribution is 2.30. The number of rotatable bonds is 4. The first-order valence-electron chi connectivity index (χ1n) is 8.48. The molecule has 2 aromatic carbocycles. The maximum absolute atomic E-state index is 12.6. The van der Waals surface area contributed by atoms with Gasteiger partial charge in [0.2, 0.25) is 10.0 Å². The van der Waals surface area contributed by atoms with Gasteiger partial charge in [-0.15, -0.1) is 0 Å². The molecule has 1 aliphatic heterocycles. The Labute approximate surface area is 151 Å². The number of piperidine rings is 1. The molecule has 1 saturated heterocycles. The average molecular weight is 383 g/mol. The number of hydrogen-bond donors (Lipinski definition) is 0. The van der Waals surface area contributed by atoms with Gasteiger partial charge in [0.25, 0.3) is 0 Å². The minimum atomic E-state index is -4.32. The zero-order valence-electron chi connectivity index (χ0n) is 14.1. The van der Waals surface area contributed by atoms with Crippen molar-refractivity contribution in [2.45, 2.75) is 30.3 Å². The molecular formula is C19H20F3NO2S. The molecular weight excluding hydrogens is 363 g/mol. The molecule has 0 saturated carbocycles. The van der Waals surface area contributed by atoms with Gasteiger partial charge in [-0.3, -0.25) is 0 Å². The summed E-state index contributed by atoms with van der Waals surface area (Å²) in [6.45, 7) is 0.866. The summed E-state index contributed by atoms with van der Waals surface area (Å²) in [5.74, 6) is 0.272. The van der Waals surface area contributed by atoms with Crippen LogP contribution in [-0.2, 0) is 22.6 Å². The van der Waals surface area contributed by atoms with E-state index in [9.17, 15) is 21.6 Å². The van der Waals surface area contributed by atoms with E-state index in [0.717, 1.165) is 17.7 Å². The standard InChI is InChI=1S/C19H20F3NO2S/c20-19(21,22)17-8-6-15(7-9-17)14-16-10-12-23(13-11-16)26(24,25)18-4-2-1-3-5-18/h1-9,16H,10-14H2. The van der Waals surface area contributed by atoms with Crippen LogP contribution < -0.4 is 0 Å². The molecule has 26 heavy (non-hydrogen) atoms. The third-order valence-corrected chi connectivity index (χ3v) is 6.67. The van der Waals surface area contributed by atoms with E-state index in [1.54, 1.807) is 30.3 Å². The maximum atomic E-state index is 12.6. The fraction of sp³-hybridized carbons (Fsp3) is 0.368. The van der Waals surface area contributed by atoms with Crippen molar-refractivity contribution in [2.75, 3.05) is 13.1 Å². The van der Waals surface area contributed by atoms with E-state index in [-0.39, 0.29) is 5.92 Å². The zero-order valence-corrected chi connectivity index (χ0v) is 14.9. The molecule has 1 heterocycles. The Bertz CT molecular complexity index is 825. The van der Waals surface area contributed by atoms with Crippen molar-refractivity contribution in [3.8, 4) is 0 Å². The van der Waals surface area contributed by atoms with Gasteiger partial charge in [-0.2, -0.15) is 17.5 Å². The van der Waals surface area contributed by atoms with Gasteiger partial charge in [0.15, 0.2) is 0 Å². The number of hydrogen-bond acceptors (Lipinski definition) is 2. The molecule has 0 radical (unpaired) electrons. The summed E-state index contributed by atoms with van der Waals surface area (Å²) in [5, 5.41) is 0. The predicted octanol–water partition coefficient (Wildman–Crippen LogP) is 4.35. The van der Waals surface area contributed by atoms with Gasteiger partial charge in [0, 0.05) is 13.1 Å². The van der Waals surface area contributed by atoms with Crippen molar-refractivity contribution in [2.24, 2.45) is 5.92 Å². The maximum Gasteiger partial charge on any atom is 0.416 e. The summed E-state index contributed by atoms with van der Waals surface area (Å²) in [7, 11) is -3.47. The lowest BCUT2D eigenvalue weighted by molar-refractivity contribution is -0.137. The molecule has 3 rings (SSSR count). The molecule has 0 aliphatic carbocycles. The largest absolute Gasteiger partial charge is 0.416 e. The normalized spacial score (nSPS) is 17.3. The summed E-state index contributed by atoms with van der Waals surface area (Å²) >= 11 is 0. The summed E-state index contributed by atoms with van der Waals surface area (Å²) in [4.78, 5) is 0.293. The molecule has 0 N–H and O–H groups in total. The molecule has 1 fully saturated rings. The van der Waals surface area contributed by atoms with Crippen LogP contribution >= 0.6 is 0 Å². The van der Waals surface area contributed by atoms with Crippen LogP contribution in [-0.4, -0.2) is 25.8 Å². The van der Waals surface area contributed by atoms with Gasteiger partial charge in [-0.25, -0.2) is 8.42 Å². The molecule has 140 valence electrons. The van der Waals surface area contributed by atoms with Crippen LogP contribution in [0.4, 0.5) is 13.2 Å². The van der Waals surface area contributed by atoms with Crippen molar-refractivity contribution >= 4 is 10.0 Å². The van der Waals surface area contributed by atoms with Gasteiger partial charge >= 0.3 is 6.18 Å². The number of sulfonamides is 1. The van der Waals surface area contributed by atoms with Crippen LogP contribution in [0.1, 0.15) is 24.0 Å². The highest BCUT2D eigenvalue weighted by molar-refractivity contribution is 7.89. The topological polar surface area (TPSA) is 37.4 Å². The first kappa shape index (κ1) is 18.9. The van der Waals surface area contributed by atoms with Crippen molar-refractivity contribution in [3.05, 3.63) is 65.7 Å². The molecule has 0 bridgehead atoms. The second kappa shape index (κ2) is 7.40. The summed E-state index contributed by atoms with van der Waals surface area (Å²) in [6, 6.07) is 13.6. The summed E-state index contributed by atoms with van der Waals surface area (Å²) in [5.41, 5.74) is 0.201. The van der Waals surface area contributed by atoms with Gasteiger partial charge in [-0.1, -0.05) is 30.3 Å². The second-order valence-corrected chi connectivity index (χ2v) is 8.50. The van der Waals surface area contributed by atoms with Crippen LogP contribution in [0.2, 0.25) is 0 Å². The van der Waals surface area contributed by atoms with Crippen molar-refractivity contribution in [1.29, 1.82) is 0 Å². The van der Waals surface area contributed by atoms with Crippen LogP contribution in [0.5, 0.6) is 0 Å². The Morgan fingerprint density at radius 1 is 0.923 bits per heavy atom. The van der Waals surface area contributed by atoms with Crippen LogP contribution in [0.15, 0.2) is 59.5 Å². The first-order valence-corrected chi connectivity index (χ1v) is 9.92. The van der Waals surface area contributed by atoms with Crippen LogP contribution in [0.25, 0.3) is 0 Å². The quantitative estimate of drug-likeness (QED) is 0.787. The molecule has 1 aliphatic rings. The Morgan fingerprint density at radius 2 is 1.50 bits per heavy atom. The lowest BCUT2D eigenvalue weighted by Crippen LogP contribution is -2.38. The van der Waals surface area contributed by atoms with Crippen LogP contribution in [0.3, 0.4) is 0 Å². The van der Waals surface area contributed by atoms with Gasteiger partial charge in [0.1, 0.15) is 0 Å². The van der Waals surface area contributed by atoms with Crippen LogP contribution in [0, 0.1) is 5.92 Å². The zero-order chi connectivity index (χ0) is 18.8. The minimum Gasteiger partial charge on any atom is -0.207 e. The molecule has 0 atom stereocenters. The SMILES string of the molecule is O=S(=O)(c1ccccc1)N1CCC(Cc2ccc(C(F)(F)F)cc2)CC1. The molecule has 0 aromatic heterocycles. The molecule has 0 spiro atoms. The van der Waals surface area contributed by atoms with E-state index >= 15 is 0 Å². The third-order valence-electron chi connectivity index (χ3n) is 4.76. The molecule has 0 unspecified atom stereocenters. The van der Waals surface area contributed by atoms with E-state index in [4.69, 9.17) is 0 Å². The smallest absolute Gasteiger partial charge is 0.207 e. The fourth-order valence-electron chi connectivity index (χ4n) is 3.26. The van der Waals surface area contributed by atoms with Gasteiger partial charge < -0.3 is 0 Å². The Balaban J connectivity index is 1.59. The number of benzene rings is 2. The monoisotopic (exact) mass is 383 g/mol. The number of alkyl halides is 3. The highest BCUT2D eigenvalue weighted by Gasteiger charge is 2.31. The van der Waals surface area contributed by atoms with Crippen molar-refractivity contribution < 1.29 is 21.6 Å². The number of nitrogens with zero attached hydrogens (tertiary/aromatic N) is 1. The number of halogens is 3. The lowest BCUT2D eigenvalue weighted by atomic mass is 9.91. The van der Waals surface area contributed by atoms with E-state index in [0.29, 0.717) is 37.2 Å². The van der Waals surface area contributed by atoms with Crippen molar-refractivity contribution in [1.82, 2.24) is 4.31 Å². The second-order valence-electron chi connectivity index (χ2n) is 6.56. The molecule has 0 amide bonds. The Kier molecular flexibility index (Phi) is 5.39. The highest BCUT2D eigenvalue weighted by atomic mass is 32.2. The Morgan fingerprint density at radius 3 is 2.04 bits per heavy atom. The van der Waals surface area contributed by atoms with Gasteiger partial charge in [0.05, 0.1) is 10.5 Å². The minimum absolute atomic E-state index is 0.272. The van der Waals surface area contributed by atoms with Crippen molar-refractivity contribution in [3.63, 3.8) is 0 Å². The third kappa shape index (κ3) is 4.27. The van der Waals surface area contributed by atoms with E-state index in [1.165, 1.54) is 16.4 Å². The molecule has 2 aromatic rings. The first-order chi connectivity index (χ1) is 12.3. The summed E-state index contributed by atoms with van der Waals surface area (Å²) < 4.78 is 64.5. The molecule has 7 heteroatoms. The summed E-state index contributed by atoms with van der Waals surface area (Å²) in [6.07, 6.45) is -2.26. The Hall–Kier alpha value is -1.86. The van der Waals surface area contributed by atoms with Gasteiger partial charge in [-0.05, 0) is 55.0 Å². The van der Waals surface area contributed by atoms with E-state index in [1.807, 2.05) is 0 Å². The predicted molar refractivity (Wildman–Crippen MR) is 93.1 cm³/mol. The van der Waals surface area contributed by atoms with E-state index < -0.39 is 21.8 Å². The van der Waals surface area contributed by atoms with E-state index in [2.05, 4.69) is 0 Å². The lowest BCUT2D eigenvalue weighted by Gasteiger charge is -2.31.